The topological polar surface area (TPSA) is 173 Å². The molecule has 0 fully saturated rings. The summed E-state index contributed by atoms with van der Waals surface area (Å²) in [6.45, 7) is 22.2. The molecule has 2 amide bonds. The molecule has 20 heteroatoms. The molecule has 0 atom stereocenters. The monoisotopic (exact) mass is 799 g/mol. The zero-order valence-corrected chi connectivity index (χ0v) is 32.3. The fourth-order valence-electron chi connectivity index (χ4n) is 3.75. The summed E-state index contributed by atoms with van der Waals surface area (Å²) in [5.41, 5.74) is 1.70. The molecule has 0 bridgehead atoms. The Morgan fingerprint density at radius 2 is 1.19 bits per heavy atom. The molecular formula is C33H43BBrF2N12O4-. The quantitative estimate of drug-likeness (QED) is 0.129. The largest absolute Gasteiger partial charge is 0.478 e. The number of ether oxygens (including phenoxy) is 2. The molecule has 16 nitrogen and oxygen atoms in total. The highest BCUT2D eigenvalue weighted by atomic mass is 79.9. The maximum atomic E-state index is 12.4. The Kier molecular flexibility index (Phi) is 16.9. The van der Waals surface area contributed by atoms with Crippen molar-refractivity contribution in [2.75, 3.05) is 13.1 Å². The SMILES string of the molecule is C[B-](F)(F)CCNC(=O)OC(C)(C)C.[C-]#[N+]Cn1nnc(-c2ccc(Br)cc2)n1.[C-]#[N+]Cn1nnc(-c2ccc(CCNC(=O)OC(C)(C)C)cc2)n1. The van der Waals surface area contributed by atoms with E-state index in [4.69, 9.17) is 22.6 Å². The number of alkyl carbamates (subject to hydrolysis) is 2. The number of halogens is 3. The molecule has 0 saturated carbocycles. The number of amides is 2. The van der Waals surface area contributed by atoms with Crippen molar-refractivity contribution in [2.45, 2.75) is 85.6 Å². The normalized spacial score (nSPS) is 11.0. The first-order chi connectivity index (χ1) is 24.8. The van der Waals surface area contributed by atoms with Crippen molar-refractivity contribution in [3.63, 3.8) is 0 Å². The van der Waals surface area contributed by atoms with Gasteiger partial charge in [-0.1, -0.05) is 49.8 Å². The minimum Gasteiger partial charge on any atom is -0.478 e. The lowest BCUT2D eigenvalue weighted by atomic mass is 9.65. The van der Waals surface area contributed by atoms with Crippen LogP contribution in [0.15, 0.2) is 53.0 Å². The van der Waals surface area contributed by atoms with E-state index in [1.807, 2.05) is 69.3 Å². The van der Waals surface area contributed by atoms with E-state index in [1.165, 1.54) is 9.59 Å². The maximum absolute atomic E-state index is 12.4. The minimum atomic E-state index is -3.34. The Morgan fingerprint density at radius 3 is 1.58 bits per heavy atom. The van der Waals surface area contributed by atoms with Crippen molar-refractivity contribution in [1.29, 1.82) is 0 Å². The van der Waals surface area contributed by atoms with Crippen LogP contribution >= 0.6 is 15.9 Å². The first kappa shape index (κ1) is 43.7. The van der Waals surface area contributed by atoms with E-state index >= 15 is 0 Å². The summed E-state index contributed by atoms with van der Waals surface area (Å²) in [4.78, 5) is 31.4. The Bertz CT molecular complexity index is 1820. The van der Waals surface area contributed by atoms with Crippen LogP contribution in [0.3, 0.4) is 0 Å². The van der Waals surface area contributed by atoms with E-state index in [-0.39, 0.29) is 26.2 Å². The third kappa shape index (κ3) is 19.1. The number of tetrazole rings is 2. The van der Waals surface area contributed by atoms with E-state index in [0.29, 0.717) is 24.6 Å². The second-order valence-electron chi connectivity index (χ2n) is 13.4. The van der Waals surface area contributed by atoms with Gasteiger partial charge < -0.3 is 28.7 Å². The number of benzene rings is 2. The number of carbonyl (C=O) groups is 2. The molecule has 0 radical (unpaired) electrons. The second-order valence-corrected chi connectivity index (χ2v) is 14.3. The molecule has 284 valence electrons. The Balaban J connectivity index is 0.000000291. The molecule has 4 rings (SSSR count). The van der Waals surface area contributed by atoms with Gasteiger partial charge in [-0.3, -0.25) is 9.69 Å². The van der Waals surface area contributed by atoms with Gasteiger partial charge in [-0.15, -0.1) is 33.5 Å². The lowest BCUT2D eigenvalue weighted by molar-refractivity contribution is 0.0517. The van der Waals surface area contributed by atoms with Crippen LogP contribution in [0.5, 0.6) is 0 Å². The number of hydrogen-bond acceptors (Lipinski definition) is 10. The Morgan fingerprint density at radius 1 is 0.774 bits per heavy atom. The fourth-order valence-corrected chi connectivity index (χ4v) is 4.01. The van der Waals surface area contributed by atoms with Crippen molar-refractivity contribution in [3.8, 4) is 22.8 Å². The molecule has 0 spiro atoms. The van der Waals surface area contributed by atoms with Gasteiger partial charge in [0.05, 0.1) is 0 Å². The number of hydrogen-bond donors (Lipinski definition) is 2. The summed E-state index contributed by atoms with van der Waals surface area (Å²) in [7, 11) is 0. The lowest BCUT2D eigenvalue weighted by Gasteiger charge is -2.21. The molecule has 2 heterocycles. The molecule has 0 aliphatic rings. The summed E-state index contributed by atoms with van der Waals surface area (Å²) >= 11 is 3.35. The van der Waals surface area contributed by atoms with Crippen molar-refractivity contribution in [3.05, 3.63) is 81.4 Å². The number of aromatic nitrogens is 8. The third-order valence-corrected chi connectivity index (χ3v) is 6.54. The van der Waals surface area contributed by atoms with Gasteiger partial charge >= 0.3 is 32.2 Å². The average Bonchev–Trinajstić information content (AvgIpc) is 3.71. The van der Waals surface area contributed by atoms with Gasteiger partial charge in [-0.05, 0) is 94.8 Å². The van der Waals surface area contributed by atoms with Crippen molar-refractivity contribution >= 4 is 34.8 Å². The highest BCUT2D eigenvalue weighted by Crippen LogP contribution is 2.18. The van der Waals surface area contributed by atoms with E-state index < -0.39 is 30.1 Å². The van der Waals surface area contributed by atoms with Gasteiger partial charge in [0, 0.05) is 22.1 Å². The van der Waals surface area contributed by atoms with Gasteiger partial charge in [-0.25, -0.2) is 22.7 Å². The highest BCUT2D eigenvalue weighted by Gasteiger charge is 2.19. The summed E-state index contributed by atoms with van der Waals surface area (Å²) < 4.78 is 35.8. The second kappa shape index (κ2) is 20.5. The average molecular weight is 800 g/mol. The number of rotatable bonds is 10. The number of nitrogens with zero attached hydrogens (tertiary/aromatic N) is 10. The minimum absolute atomic E-state index is 0.0570. The van der Waals surface area contributed by atoms with Crippen LogP contribution in [-0.4, -0.2) is 83.6 Å². The van der Waals surface area contributed by atoms with Crippen LogP contribution in [0, 0.1) is 13.1 Å². The van der Waals surface area contributed by atoms with Gasteiger partial charge in [0.2, 0.25) is 11.6 Å². The molecule has 4 aromatic rings. The van der Waals surface area contributed by atoms with Gasteiger partial charge in [0.25, 0.3) is 0 Å². The van der Waals surface area contributed by atoms with Gasteiger partial charge in [0.1, 0.15) is 11.2 Å². The maximum Gasteiger partial charge on any atom is 0.407 e. The Hall–Kier alpha value is -5.50. The molecule has 53 heavy (non-hydrogen) atoms. The highest BCUT2D eigenvalue weighted by molar-refractivity contribution is 9.10. The van der Waals surface area contributed by atoms with Crippen molar-refractivity contribution < 1.29 is 27.7 Å². The molecule has 0 aliphatic heterocycles. The molecule has 2 aromatic carbocycles. The van der Waals surface area contributed by atoms with E-state index in [9.17, 15) is 18.2 Å². The summed E-state index contributed by atoms with van der Waals surface area (Å²) in [5.74, 6) is 1.02. The number of carbonyl (C=O) groups excluding carboxylic acids is 2. The molecule has 0 saturated heterocycles. The standard InChI is InChI=1S/C16H20N6O2.C9H6BrN5.C8H17BF2NO2/c1-16(2,3)24-15(23)18-10-9-12-5-7-13(8-6-12)14-19-21-22(20-14)11-17-4;1-11-6-15-13-9(12-14-15)7-2-4-8(10)5-3-7;1-8(2,3)14-7(13)12-6-5-9(4,10)11/h5-8H,9-11H2,1-3H3,(H,18,23);2-5H,6H2;5-6H2,1-4H3,(H,12,13)/q;;-1. The van der Waals surface area contributed by atoms with Crippen molar-refractivity contribution in [2.24, 2.45) is 0 Å². The zero-order valence-electron chi connectivity index (χ0n) is 30.7. The van der Waals surface area contributed by atoms with E-state index in [0.717, 1.165) is 28.0 Å². The molecule has 0 aliphatic carbocycles. The first-order valence-corrected chi connectivity index (χ1v) is 17.1. The van der Waals surface area contributed by atoms with E-state index in [1.54, 1.807) is 20.8 Å². The Labute approximate surface area is 315 Å². The molecular weight excluding hydrogens is 757 g/mol. The van der Waals surface area contributed by atoms with E-state index in [2.05, 4.69) is 67.1 Å². The van der Waals surface area contributed by atoms with Crippen LogP contribution in [-0.2, 0) is 29.2 Å². The predicted octanol–water partition coefficient (Wildman–Crippen LogP) is 6.79. The molecule has 2 aromatic heterocycles. The van der Waals surface area contributed by atoms with Crippen molar-refractivity contribution in [1.82, 2.24) is 51.0 Å². The summed E-state index contributed by atoms with van der Waals surface area (Å²) in [5, 5.41) is 28.5. The fraction of sp³-hybridized carbons (Fsp3) is 0.455. The van der Waals surface area contributed by atoms with Crippen LogP contribution in [0.25, 0.3) is 32.5 Å². The lowest BCUT2D eigenvalue weighted by Crippen LogP contribution is -2.35. The summed E-state index contributed by atoms with van der Waals surface area (Å²) in [6.07, 6.45) is -0.700. The van der Waals surface area contributed by atoms with Crippen LogP contribution in [0.4, 0.5) is 18.2 Å². The summed E-state index contributed by atoms with van der Waals surface area (Å²) in [6, 6.07) is 15.3. The predicted molar refractivity (Wildman–Crippen MR) is 198 cm³/mol. The molecule has 2 N–H and O–H groups in total. The third-order valence-electron chi connectivity index (χ3n) is 6.02. The first-order valence-electron chi connectivity index (χ1n) is 16.3. The number of nitrogens with one attached hydrogen (secondary N) is 2. The van der Waals surface area contributed by atoms with Crippen LogP contribution in [0.2, 0.25) is 13.1 Å². The van der Waals surface area contributed by atoms with Gasteiger partial charge in [-0.2, -0.15) is 0 Å². The van der Waals surface area contributed by atoms with Crippen LogP contribution in [0.1, 0.15) is 47.1 Å². The van der Waals surface area contributed by atoms with Crippen LogP contribution < -0.4 is 10.6 Å². The molecule has 0 unspecified atom stereocenters. The smallest absolute Gasteiger partial charge is 0.407 e. The zero-order chi connectivity index (χ0) is 39.7. The van der Waals surface area contributed by atoms with Gasteiger partial charge in [0.15, 0.2) is 0 Å².